The van der Waals surface area contributed by atoms with Crippen molar-refractivity contribution in [3.8, 4) is 0 Å². The molecular formula is C17H14Cl3N5O. The van der Waals surface area contributed by atoms with Crippen molar-refractivity contribution in [3.63, 3.8) is 0 Å². The van der Waals surface area contributed by atoms with Gasteiger partial charge in [0.2, 0.25) is 5.91 Å². The molecule has 0 atom stereocenters. The molecule has 0 spiro atoms. The lowest BCUT2D eigenvalue weighted by molar-refractivity contribution is -0.111. The molecule has 0 fully saturated rings. The summed E-state index contributed by atoms with van der Waals surface area (Å²) in [5.74, 6) is -0.0903. The van der Waals surface area contributed by atoms with Gasteiger partial charge in [-0.2, -0.15) is 10.2 Å². The Kier molecular flexibility index (Phi) is 5.66. The third kappa shape index (κ3) is 4.46. The smallest absolute Gasteiger partial charge is 0.249 e. The van der Waals surface area contributed by atoms with Gasteiger partial charge < -0.3 is 5.32 Å². The number of hydrogen-bond donors (Lipinski definition) is 1. The van der Waals surface area contributed by atoms with Crippen molar-refractivity contribution >= 4 is 52.6 Å². The van der Waals surface area contributed by atoms with Crippen molar-refractivity contribution in [3.05, 3.63) is 69.1 Å². The van der Waals surface area contributed by atoms with Gasteiger partial charge in [0, 0.05) is 46.7 Å². The fraction of sp³-hybridized carbons (Fsp3) is 0.118. The number of amides is 1. The van der Waals surface area contributed by atoms with Crippen LogP contribution in [-0.2, 0) is 18.4 Å². The number of carbonyl (C=O) groups is 1. The minimum atomic E-state index is -0.350. The highest BCUT2D eigenvalue weighted by atomic mass is 35.5. The molecule has 1 amide bonds. The van der Waals surface area contributed by atoms with Crippen LogP contribution in [0, 0.1) is 0 Å². The van der Waals surface area contributed by atoms with Crippen LogP contribution in [0.4, 0.5) is 5.82 Å². The molecule has 1 aromatic carbocycles. The topological polar surface area (TPSA) is 64.7 Å². The molecule has 6 nitrogen and oxygen atoms in total. The van der Waals surface area contributed by atoms with Crippen molar-refractivity contribution in [2.75, 3.05) is 5.32 Å². The molecule has 2 aromatic heterocycles. The lowest BCUT2D eigenvalue weighted by Crippen LogP contribution is -2.09. The molecule has 3 rings (SSSR count). The molecule has 0 bridgehead atoms. The van der Waals surface area contributed by atoms with Crippen LogP contribution in [0.1, 0.15) is 11.1 Å². The highest BCUT2D eigenvalue weighted by Gasteiger charge is 2.12. The Bertz CT molecular complexity index is 956. The number of benzene rings is 1. The Labute approximate surface area is 165 Å². The molecular weight excluding hydrogens is 397 g/mol. The molecule has 134 valence electrons. The van der Waals surface area contributed by atoms with Crippen molar-refractivity contribution in [2.24, 2.45) is 7.05 Å². The maximum absolute atomic E-state index is 12.0. The van der Waals surface area contributed by atoms with Crippen molar-refractivity contribution in [2.45, 2.75) is 6.54 Å². The largest absolute Gasteiger partial charge is 0.304 e. The first-order valence-corrected chi connectivity index (χ1v) is 8.69. The summed E-state index contributed by atoms with van der Waals surface area (Å²) in [6.45, 7) is 0.333. The van der Waals surface area contributed by atoms with Gasteiger partial charge in [-0.05, 0) is 18.2 Å². The van der Waals surface area contributed by atoms with E-state index in [1.54, 1.807) is 59.3 Å². The van der Waals surface area contributed by atoms with E-state index in [2.05, 4.69) is 15.5 Å². The molecule has 0 unspecified atom stereocenters. The van der Waals surface area contributed by atoms with Gasteiger partial charge in [0.15, 0.2) is 5.82 Å². The van der Waals surface area contributed by atoms with Crippen LogP contribution in [0.3, 0.4) is 0 Å². The third-order valence-corrected chi connectivity index (χ3v) is 4.48. The number of nitrogens with one attached hydrogen (secondary N) is 1. The molecule has 0 aliphatic heterocycles. The van der Waals surface area contributed by atoms with Crippen LogP contribution in [-0.4, -0.2) is 25.5 Å². The SMILES string of the molecule is Cn1cc(/C=C/C(=O)Nc2nn(Cc3c(Cl)cccc3Cl)cc2Cl)cn1. The van der Waals surface area contributed by atoms with Crippen molar-refractivity contribution in [1.82, 2.24) is 19.6 Å². The van der Waals surface area contributed by atoms with Crippen LogP contribution in [0.25, 0.3) is 6.08 Å². The maximum atomic E-state index is 12.0. The summed E-state index contributed by atoms with van der Waals surface area (Å²) >= 11 is 18.5. The van der Waals surface area contributed by atoms with Gasteiger partial charge >= 0.3 is 0 Å². The highest BCUT2D eigenvalue weighted by molar-refractivity contribution is 6.36. The summed E-state index contributed by atoms with van der Waals surface area (Å²) in [5, 5.41) is 12.3. The second kappa shape index (κ2) is 7.95. The van der Waals surface area contributed by atoms with Gasteiger partial charge in [-0.25, -0.2) is 0 Å². The molecule has 0 radical (unpaired) electrons. The number of aromatic nitrogens is 4. The standard InChI is InChI=1S/C17H14Cl3N5O/c1-24-8-11(7-21-24)5-6-16(26)22-17-15(20)10-25(23-17)9-12-13(18)3-2-4-14(12)19/h2-8,10H,9H2,1H3,(H,22,23,26)/b6-5+. The average Bonchev–Trinajstić information content (AvgIpc) is 3.15. The Morgan fingerprint density at radius 2 is 1.92 bits per heavy atom. The zero-order valence-corrected chi connectivity index (χ0v) is 15.9. The predicted molar refractivity (Wildman–Crippen MR) is 104 cm³/mol. The molecule has 9 heteroatoms. The zero-order valence-electron chi connectivity index (χ0n) is 13.7. The Morgan fingerprint density at radius 1 is 1.19 bits per heavy atom. The van der Waals surface area contributed by atoms with Gasteiger partial charge in [0.05, 0.1) is 12.7 Å². The van der Waals surface area contributed by atoms with Crippen LogP contribution < -0.4 is 5.32 Å². The lowest BCUT2D eigenvalue weighted by atomic mass is 10.2. The first-order chi connectivity index (χ1) is 12.4. The van der Waals surface area contributed by atoms with Gasteiger partial charge in [-0.15, -0.1) is 0 Å². The lowest BCUT2D eigenvalue weighted by Gasteiger charge is -2.06. The third-order valence-electron chi connectivity index (χ3n) is 3.49. The van der Waals surface area contributed by atoms with E-state index in [-0.39, 0.29) is 11.7 Å². The second-order valence-corrected chi connectivity index (χ2v) is 6.71. The molecule has 0 saturated heterocycles. The van der Waals surface area contributed by atoms with E-state index < -0.39 is 0 Å². The van der Waals surface area contributed by atoms with E-state index in [0.29, 0.717) is 21.6 Å². The van der Waals surface area contributed by atoms with E-state index in [1.165, 1.54) is 6.08 Å². The summed E-state index contributed by atoms with van der Waals surface area (Å²) in [6.07, 6.45) is 8.08. The van der Waals surface area contributed by atoms with Crippen LogP contribution in [0.15, 0.2) is 42.9 Å². The van der Waals surface area contributed by atoms with E-state index >= 15 is 0 Å². The summed E-state index contributed by atoms with van der Waals surface area (Å²) in [5.41, 5.74) is 1.54. The average molecular weight is 411 g/mol. The Hall–Kier alpha value is -2.28. The monoisotopic (exact) mass is 409 g/mol. The highest BCUT2D eigenvalue weighted by Crippen LogP contribution is 2.26. The number of anilines is 1. The van der Waals surface area contributed by atoms with Crippen molar-refractivity contribution in [1.29, 1.82) is 0 Å². The maximum Gasteiger partial charge on any atom is 0.249 e. The number of nitrogens with zero attached hydrogens (tertiary/aromatic N) is 4. The fourth-order valence-corrected chi connectivity index (χ4v) is 2.98. The van der Waals surface area contributed by atoms with E-state index in [1.807, 2.05) is 0 Å². The van der Waals surface area contributed by atoms with Crippen LogP contribution in [0.5, 0.6) is 0 Å². The van der Waals surface area contributed by atoms with Crippen LogP contribution in [0.2, 0.25) is 15.1 Å². The molecule has 3 aromatic rings. The molecule has 0 saturated carbocycles. The quantitative estimate of drug-likeness (QED) is 0.639. The van der Waals surface area contributed by atoms with Crippen LogP contribution >= 0.6 is 34.8 Å². The van der Waals surface area contributed by atoms with Gasteiger partial charge in [-0.1, -0.05) is 40.9 Å². The minimum Gasteiger partial charge on any atom is -0.304 e. The second-order valence-electron chi connectivity index (χ2n) is 5.49. The number of aryl methyl sites for hydroxylation is 1. The Morgan fingerprint density at radius 3 is 2.58 bits per heavy atom. The summed E-state index contributed by atoms with van der Waals surface area (Å²) < 4.78 is 3.21. The van der Waals surface area contributed by atoms with E-state index in [0.717, 1.165) is 11.1 Å². The zero-order chi connectivity index (χ0) is 18.7. The van der Waals surface area contributed by atoms with Gasteiger partial charge in [-0.3, -0.25) is 14.2 Å². The fourth-order valence-electron chi connectivity index (χ4n) is 2.26. The molecule has 26 heavy (non-hydrogen) atoms. The number of hydrogen-bond acceptors (Lipinski definition) is 3. The minimum absolute atomic E-state index is 0.260. The molecule has 1 N–H and O–H groups in total. The van der Waals surface area contributed by atoms with E-state index in [4.69, 9.17) is 34.8 Å². The van der Waals surface area contributed by atoms with Crippen molar-refractivity contribution < 1.29 is 4.79 Å². The Balaban J connectivity index is 1.70. The van der Waals surface area contributed by atoms with E-state index in [9.17, 15) is 4.79 Å². The first-order valence-electron chi connectivity index (χ1n) is 7.56. The van der Waals surface area contributed by atoms with Gasteiger partial charge in [0.1, 0.15) is 5.02 Å². The summed E-state index contributed by atoms with van der Waals surface area (Å²) in [7, 11) is 1.80. The first kappa shape index (κ1) is 18.5. The summed E-state index contributed by atoms with van der Waals surface area (Å²) in [6, 6.07) is 5.27. The molecule has 0 aliphatic rings. The molecule has 0 aliphatic carbocycles. The molecule has 2 heterocycles. The number of carbonyl (C=O) groups excluding carboxylic acids is 1. The normalized spacial score (nSPS) is 11.2. The number of halogens is 3. The van der Waals surface area contributed by atoms with Gasteiger partial charge in [0.25, 0.3) is 0 Å². The predicted octanol–water partition coefficient (Wildman–Crippen LogP) is 4.28. The summed E-state index contributed by atoms with van der Waals surface area (Å²) in [4.78, 5) is 12.0. The number of rotatable bonds is 5.